The van der Waals surface area contributed by atoms with Crippen LogP contribution in [-0.2, 0) is 11.2 Å². The summed E-state index contributed by atoms with van der Waals surface area (Å²) < 4.78 is 0. The number of amides is 1. The van der Waals surface area contributed by atoms with Gasteiger partial charge in [-0.1, -0.05) is 24.3 Å². The molecular formula is C16H22N2O2. The molecule has 1 saturated heterocycles. The van der Waals surface area contributed by atoms with Gasteiger partial charge in [-0.15, -0.1) is 0 Å². The van der Waals surface area contributed by atoms with Crippen molar-refractivity contribution >= 4 is 11.7 Å². The first-order valence-electron chi connectivity index (χ1n) is 7.26. The van der Waals surface area contributed by atoms with E-state index in [2.05, 4.69) is 5.32 Å². The lowest BCUT2D eigenvalue weighted by atomic mass is 9.90. The van der Waals surface area contributed by atoms with Crippen LogP contribution >= 0.6 is 0 Å². The number of Topliss-reactive ketones (excluding diaryl/α,β-unsaturated/α-hetero) is 1. The first-order chi connectivity index (χ1) is 9.65. The fraction of sp³-hybridized carbons (Fsp3) is 0.500. The molecule has 0 radical (unpaired) electrons. The van der Waals surface area contributed by atoms with Crippen molar-refractivity contribution in [2.75, 3.05) is 13.1 Å². The zero-order valence-corrected chi connectivity index (χ0v) is 11.7. The van der Waals surface area contributed by atoms with Gasteiger partial charge in [0.1, 0.15) is 0 Å². The monoisotopic (exact) mass is 274 g/mol. The minimum atomic E-state index is -0.430. The van der Waals surface area contributed by atoms with Crippen molar-refractivity contribution in [3.05, 3.63) is 35.4 Å². The summed E-state index contributed by atoms with van der Waals surface area (Å²) in [4.78, 5) is 22.5. The standard InChI is InChI=1S/C16H22N2O2/c17-16(20)6-5-15(19)14-3-1-12(2-4-14)11-13-7-9-18-10-8-13/h1-4,13,18H,5-11H2,(H2,17,20). The average molecular weight is 274 g/mol. The summed E-state index contributed by atoms with van der Waals surface area (Å²) in [7, 11) is 0. The summed E-state index contributed by atoms with van der Waals surface area (Å²) in [6, 6.07) is 7.78. The van der Waals surface area contributed by atoms with Gasteiger partial charge in [-0.2, -0.15) is 0 Å². The number of rotatable bonds is 6. The minimum absolute atomic E-state index is 0.0165. The normalized spacial score (nSPS) is 16.0. The number of carbonyl (C=O) groups is 2. The smallest absolute Gasteiger partial charge is 0.217 e. The number of hydrogen-bond donors (Lipinski definition) is 2. The van der Waals surface area contributed by atoms with Crippen LogP contribution in [0.25, 0.3) is 0 Å². The second-order valence-corrected chi connectivity index (χ2v) is 5.48. The number of piperidine rings is 1. The van der Waals surface area contributed by atoms with Gasteiger partial charge >= 0.3 is 0 Å². The topological polar surface area (TPSA) is 72.2 Å². The van der Waals surface area contributed by atoms with Gasteiger partial charge in [0.2, 0.25) is 5.91 Å². The van der Waals surface area contributed by atoms with Crippen LogP contribution in [0.5, 0.6) is 0 Å². The molecule has 0 spiro atoms. The largest absolute Gasteiger partial charge is 0.370 e. The first-order valence-corrected chi connectivity index (χ1v) is 7.26. The fourth-order valence-electron chi connectivity index (χ4n) is 2.63. The zero-order chi connectivity index (χ0) is 14.4. The molecule has 1 aliphatic rings. The molecule has 0 aromatic heterocycles. The third-order valence-corrected chi connectivity index (χ3v) is 3.86. The Hall–Kier alpha value is -1.68. The molecule has 108 valence electrons. The molecule has 4 nitrogen and oxygen atoms in total. The van der Waals surface area contributed by atoms with Crippen LogP contribution in [0.3, 0.4) is 0 Å². The van der Waals surface area contributed by atoms with Crippen LogP contribution < -0.4 is 11.1 Å². The Kier molecular flexibility index (Phi) is 5.30. The van der Waals surface area contributed by atoms with Gasteiger partial charge in [0, 0.05) is 18.4 Å². The van der Waals surface area contributed by atoms with Crippen LogP contribution in [-0.4, -0.2) is 24.8 Å². The predicted octanol–water partition coefficient (Wildman–Crippen LogP) is 1.68. The Morgan fingerprint density at radius 3 is 2.35 bits per heavy atom. The molecular weight excluding hydrogens is 252 g/mol. The minimum Gasteiger partial charge on any atom is -0.370 e. The van der Waals surface area contributed by atoms with Crippen molar-refractivity contribution in [1.29, 1.82) is 0 Å². The van der Waals surface area contributed by atoms with Gasteiger partial charge in [-0.05, 0) is 43.8 Å². The van der Waals surface area contributed by atoms with Crippen molar-refractivity contribution in [3.63, 3.8) is 0 Å². The molecule has 20 heavy (non-hydrogen) atoms. The number of hydrogen-bond acceptors (Lipinski definition) is 3. The molecule has 1 aliphatic heterocycles. The van der Waals surface area contributed by atoms with Crippen molar-refractivity contribution in [2.45, 2.75) is 32.1 Å². The molecule has 0 bridgehead atoms. The number of ketones is 1. The van der Waals surface area contributed by atoms with E-state index in [9.17, 15) is 9.59 Å². The van der Waals surface area contributed by atoms with Crippen molar-refractivity contribution < 1.29 is 9.59 Å². The second-order valence-electron chi connectivity index (χ2n) is 5.48. The Morgan fingerprint density at radius 1 is 1.10 bits per heavy atom. The van der Waals surface area contributed by atoms with Crippen LogP contribution in [0, 0.1) is 5.92 Å². The van der Waals surface area contributed by atoms with E-state index in [4.69, 9.17) is 5.73 Å². The molecule has 0 atom stereocenters. The van der Waals surface area contributed by atoms with Gasteiger partial charge < -0.3 is 11.1 Å². The molecule has 0 saturated carbocycles. The van der Waals surface area contributed by atoms with E-state index in [1.165, 1.54) is 18.4 Å². The van der Waals surface area contributed by atoms with E-state index in [0.717, 1.165) is 25.4 Å². The molecule has 1 aromatic rings. The first kappa shape index (κ1) is 14.7. The van der Waals surface area contributed by atoms with E-state index in [0.29, 0.717) is 5.56 Å². The third kappa shape index (κ3) is 4.46. The summed E-state index contributed by atoms with van der Waals surface area (Å²) in [5.74, 6) is 0.297. The summed E-state index contributed by atoms with van der Waals surface area (Å²) in [6.45, 7) is 2.21. The quantitative estimate of drug-likeness (QED) is 0.775. The maximum atomic E-state index is 11.8. The molecule has 2 rings (SSSR count). The summed E-state index contributed by atoms with van der Waals surface area (Å²) in [5.41, 5.74) is 7.00. The maximum Gasteiger partial charge on any atom is 0.217 e. The lowest BCUT2D eigenvalue weighted by molar-refractivity contribution is -0.118. The van der Waals surface area contributed by atoms with E-state index >= 15 is 0 Å². The lowest BCUT2D eigenvalue weighted by Gasteiger charge is -2.22. The highest BCUT2D eigenvalue weighted by Gasteiger charge is 2.14. The van der Waals surface area contributed by atoms with E-state index in [1.54, 1.807) is 0 Å². The number of nitrogens with one attached hydrogen (secondary N) is 1. The Bertz CT molecular complexity index is 462. The second kappa shape index (κ2) is 7.20. The van der Waals surface area contributed by atoms with Crippen LogP contribution in [0.1, 0.15) is 41.6 Å². The van der Waals surface area contributed by atoms with Crippen LogP contribution in [0.15, 0.2) is 24.3 Å². The van der Waals surface area contributed by atoms with Crippen molar-refractivity contribution in [3.8, 4) is 0 Å². The SMILES string of the molecule is NC(=O)CCC(=O)c1ccc(CC2CCNCC2)cc1. The summed E-state index contributed by atoms with van der Waals surface area (Å²) in [6.07, 6.45) is 3.84. The number of nitrogens with two attached hydrogens (primary N) is 1. The number of primary amides is 1. The van der Waals surface area contributed by atoms with E-state index in [1.807, 2.05) is 24.3 Å². The molecule has 0 aliphatic carbocycles. The summed E-state index contributed by atoms with van der Waals surface area (Å²) >= 11 is 0. The molecule has 4 heteroatoms. The average Bonchev–Trinajstić information content (AvgIpc) is 2.46. The maximum absolute atomic E-state index is 11.8. The summed E-state index contributed by atoms with van der Waals surface area (Å²) in [5, 5.41) is 3.37. The van der Waals surface area contributed by atoms with Gasteiger partial charge in [-0.3, -0.25) is 9.59 Å². The predicted molar refractivity (Wildman–Crippen MR) is 78.5 cm³/mol. The molecule has 0 unspecified atom stereocenters. The Labute approximate surface area is 119 Å². The highest BCUT2D eigenvalue weighted by Crippen LogP contribution is 2.18. The molecule has 1 amide bonds. The molecule has 1 heterocycles. The third-order valence-electron chi connectivity index (χ3n) is 3.86. The highest BCUT2D eigenvalue weighted by atomic mass is 16.1. The molecule has 3 N–H and O–H groups in total. The van der Waals surface area contributed by atoms with Gasteiger partial charge in [0.05, 0.1) is 0 Å². The molecule has 1 fully saturated rings. The Morgan fingerprint density at radius 2 is 1.75 bits per heavy atom. The number of benzene rings is 1. The van der Waals surface area contributed by atoms with Crippen LogP contribution in [0.4, 0.5) is 0 Å². The van der Waals surface area contributed by atoms with Crippen LogP contribution in [0.2, 0.25) is 0 Å². The van der Waals surface area contributed by atoms with Crippen molar-refractivity contribution in [1.82, 2.24) is 5.32 Å². The van der Waals surface area contributed by atoms with Crippen molar-refractivity contribution in [2.24, 2.45) is 11.7 Å². The molecule has 1 aromatic carbocycles. The van der Waals surface area contributed by atoms with Gasteiger partial charge in [0.25, 0.3) is 0 Å². The lowest BCUT2D eigenvalue weighted by Crippen LogP contribution is -2.28. The van der Waals surface area contributed by atoms with E-state index in [-0.39, 0.29) is 18.6 Å². The zero-order valence-electron chi connectivity index (χ0n) is 11.7. The van der Waals surface area contributed by atoms with Gasteiger partial charge in [-0.25, -0.2) is 0 Å². The Balaban J connectivity index is 1.88. The fourth-order valence-corrected chi connectivity index (χ4v) is 2.63. The number of carbonyl (C=O) groups excluding carboxylic acids is 2. The van der Waals surface area contributed by atoms with E-state index < -0.39 is 5.91 Å². The highest BCUT2D eigenvalue weighted by molar-refractivity contribution is 5.97. The van der Waals surface area contributed by atoms with Gasteiger partial charge in [0.15, 0.2) is 5.78 Å².